The van der Waals surface area contributed by atoms with E-state index in [1.54, 1.807) is 38.5 Å². The van der Waals surface area contributed by atoms with Crippen LogP contribution in [0.3, 0.4) is 0 Å². The Balaban J connectivity index is 1.20. The number of amides is 1. The first-order valence-electron chi connectivity index (χ1n) is 11.6. The van der Waals surface area contributed by atoms with Gasteiger partial charge in [-0.2, -0.15) is 0 Å². The summed E-state index contributed by atoms with van der Waals surface area (Å²) in [4.78, 5) is 37.3. The summed E-state index contributed by atoms with van der Waals surface area (Å²) in [5.41, 5.74) is 5.33. The third-order valence-corrected chi connectivity index (χ3v) is 6.56. The lowest BCUT2D eigenvalue weighted by molar-refractivity contribution is -0.119. The molecule has 0 aliphatic rings. The van der Waals surface area contributed by atoms with E-state index < -0.39 is 18.5 Å². The van der Waals surface area contributed by atoms with Crippen LogP contribution in [-0.2, 0) is 9.53 Å². The Kier molecular flexibility index (Phi) is 7.05. The van der Waals surface area contributed by atoms with Crippen molar-refractivity contribution in [1.82, 2.24) is 15.0 Å². The smallest absolute Gasteiger partial charge is 0.338 e. The zero-order valence-corrected chi connectivity index (χ0v) is 21.7. The number of nitrogens with one attached hydrogen (secondary N) is 2. The lowest BCUT2D eigenvalue weighted by atomic mass is 10.1. The number of carbonyl (C=O) groups excluding carboxylic acids is 2. The summed E-state index contributed by atoms with van der Waals surface area (Å²) < 4.78 is 15.8. The van der Waals surface area contributed by atoms with Crippen LogP contribution in [0.4, 0.5) is 5.13 Å². The molecule has 0 aliphatic heterocycles. The number of hydrogen-bond acceptors (Lipinski definition) is 8. The standard InChI is InChI=1S/C28H24N4O5S/c1-16-4-6-17(7-5-16)26-29-20-10-8-19(12-21(20)30-26)27(34)37-14-25(33)32-28-31-22(15-38-28)18-9-11-23(35-2)24(13-18)36-3/h4-13,15H,14H2,1-3H3,(H,29,30)(H,31,32,33). The molecule has 5 rings (SSSR count). The van der Waals surface area contributed by atoms with Crippen molar-refractivity contribution in [1.29, 1.82) is 0 Å². The minimum Gasteiger partial charge on any atom is -0.493 e. The van der Waals surface area contributed by atoms with Gasteiger partial charge >= 0.3 is 5.97 Å². The number of aromatic amines is 1. The van der Waals surface area contributed by atoms with Crippen LogP contribution in [0.2, 0.25) is 0 Å². The van der Waals surface area contributed by atoms with E-state index in [2.05, 4.69) is 20.3 Å². The number of anilines is 1. The second-order valence-corrected chi connectivity index (χ2v) is 9.27. The molecule has 0 saturated carbocycles. The van der Waals surface area contributed by atoms with Gasteiger partial charge in [0.25, 0.3) is 5.91 Å². The number of aryl methyl sites for hydroxylation is 1. The molecule has 2 N–H and O–H groups in total. The molecule has 0 radical (unpaired) electrons. The van der Waals surface area contributed by atoms with Gasteiger partial charge in [0.15, 0.2) is 23.2 Å². The zero-order valence-electron chi connectivity index (χ0n) is 20.9. The van der Waals surface area contributed by atoms with Gasteiger partial charge in [0, 0.05) is 16.5 Å². The minimum atomic E-state index is -0.612. The van der Waals surface area contributed by atoms with Gasteiger partial charge in [-0.15, -0.1) is 11.3 Å². The number of aromatic nitrogens is 3. The van der Waals surface area contributed by atoms with E-state index in [4.69, 9.17) is 14.2 Å². The Morgan fingerprint density at radius 1 is 0.921 bits per heavy atom. The van der Waals surface area contributed by atoms with Gasteiger partial charge in [0.05, 0.1) is 36.5 Å². The van der Waals surface area contributed by atoms with Gasteiger partial charge in [-0.1, -0.05) is 29.8 Å². The highest BCUT2D eigenvalue weighted by Crippen LogP contribution is 2.33. The van der Waals surface area contributed by atoms with Crippen LogP contribution < -0.4 is 14.8 Å². The largest absolute Gasteiger partial charge is 0.493 e. The maximum Gasteiger partial charge on any atom is 0.338 e. The average molecular weight is 529 g/mol. The third-order valence-electron chi connectivity index (χ3n) is 5.81. The second-order valence-electron chi connectivity index (χ2n) is 8.42. The predicted octanol–water partition coefficient (Wildman–Crippen LogP) is 5.47. The molecule has 5 aromatic rings. The number of rotatable bonds is 8. The van der Waals surface area contributed by atoms with Crippen molar-refractivity contribution in [2.75, 3.05) is 26.1 Å². The van der Waals surface area contributed by atoms with Crippen LogP contribution in [0.25, 0.3) is 33.7 Å². The van der Waals surface area contributed by atoms with E-state index in [0.29, 0.717) is 39.2 Å². The number of imidazole rings is 1. The Hall–Kier alpha value is -4.70. The highest BCUT2D eigenvalue weighted by Gasteiger charge is 2.15. The van der Waals surface area contributed by atoms with Crippen LogP contribution in [0, 0.1) is 6.92 Å². The molecule has 0 saturated heterocycles. The van der Waals surface area contributed by atoms with E-state index in [9.17, 15) is 9.59 Å². The summed E-state index contributed by atoms with van der Waals surface area (Å²) in [6.07, 6.45) is 0. The predicted molar refractivity (Wildman–Crippen MR) is 146 cm³/mol. The number of fused-ring (bicyclic) bond motifs is 1. The van der Waals surface area contributed by atoms with Crippen molar-refractivity contribution in [3.05, 3.63) is 77.2 Å². The normalized spacial score (nSPS) is 10.8. The Labute approximate surface area is 222 Å². The van der Waals surface area contributed by atoms with E-state index >= 15 is 0 Å². The first kappa shape index (κ1) is 25.0. The number of nitrogens with zero attached hydrogens (tertiary/aromatic N) is 2. The van der Waals surface area contributed by atoms with Crippen LogP contribution in [-0.4, -0.2) is 47.7 Å². The lowest BCUT2D eigenvalue weighted by Crippen LogP contribution is -2.20. The first-order valence-corrected chi connectivity index (χ1v) is 12.5. The average Bonchev–Trinajstić information content (AvgIpc) is 3.58. The number of carbonyl (C=O) groups is 2. The maximum absolute atomic E-state index is 12.6. The van der Waals surface area contributed by atoms with Gasteiger partial charge in [-0.3, -0.25) is 10.1 Å². The molecule has 0 fully saturated rings. The van der Waals surface area contributed by atoms with E-state index in [1.807, 2.05) is 48.7 Å². The summed E-state index contributed by atoms with van der Waals surface area (Å²) in [5, 5.41) is 4.86. The van der Waals surface area contributed by atoms with Crippen molar-refractivity contribution in [3.8, 4) is 34.1 Å². The molecule has 0 aliphatic carbocycles. The molecule has 10 heteroatoms. The Morgan fingerprint density at radius 3 is 2.45 bits per heavy atom. The van der Waals surface area contributed by atoms with Crippen molar-refractivity contribution in [2.45, 2.75) is 6.92 Å². The molecule has 3 aromatic carbocycles. The summed E-state index contributed by atoms with van der Waals surface area (Å²) in [7, 11) is 3.13. The molecule has 1 amide bonds. The van der Waals surface area contributed by atoms with Crippen molar-refractivity contribution in [2.24, 2.45) is 0 Å². The third kappa shape index (κ3) is 5.35. The summed E-state index contributed by atoms with van der Waals surface area (Å²) in [6, 6.07) is 18.5. The van der Waals surface area contributed by atoms with Crippen LogP contribution in [0.5, 0.6) is 11.5 Å². The van der Waals surface area contributed by atoms with Crippen LogP contribution in [0.15, 0.2) is 66.0 Å². The van der Waals surface area contributed by atoms with E-state index in [0.717, 1.165) is 22.2 Å². The highest BCUT2D eigenvalue weighted by atomic mass is 32.1. The number of thiazole rings is 1. The SMILES string of the molecule is COc1ccc(-c2csc(NC(=O)COC(=O)c3ccc4nc(-c5ccc(C)cc5)[nH]c4c3)n2)cc1OC. The zero-order chi connectivity index (χ0) is 26.6. The van der Waals surface area contributed by atoms with Gasteiger partial charge in [-0.05, 0) is 43.3 Å². The summed E-state index contributed by atoms with van der Waals surface area (Å²) in [5.74, 6) is 0.797. The topological polar surface area (TPSA) is 115 Å². The highest BCUT2D eigenvalue weighted by molar-refractivity contribution is 7.14. The molecular weight excluding hydrogens is 504 g/mol. The molecule has 2 heterocycles. The van der Waals surface area contributed by atoms with Crippen molar-refractivity contribution in [3.63, 3.8) is 0 Å². The molecule has 0 unspecified atom stereocenters. The fourth-order valence-electron chi connectivity index (χ4n) is 3.81. The summed E-state index contributed by atoms with van der Waals surface area (Å²) in [6.45, 7) is 1.58. The molecule has 192 valence electrons. The van der Waals surface area contributed by atoms with Crippen LogP contribution in [0.1, 0.15) is 15.9 Å². The van der Waals surface area contributed by atoms with E-state index in [1.165, 1.54) is 11.3 Å². The van der Waals surface area contributed by atoms with Gasteiger partial charge in [0.1, 0.15) is 5.82 Å². The molecule has 0 atom stereocenters. The molecule has 0 spiro atoms. The Bertz CT molecular complexity index is 1620. The lowest BCUT2D eigenvalue weighted by Gasteiger charge is -2.08. The van der Waals surface area contributed by atoms with Gasteiger partial charge in [0.2, 0.25) is 0 Å². The van der Waals surface area contributed by atoms with Crippen LogP contribution >= 0.6 is 11.3 Å². The quantitative estimate of drug-likeness (QED) is 0.257. The molecule has 0 bridgehead atoms. The first-order chi connectivity index (χ1) is 18.4. The number of methoxy groups -OCH3 is 2. The molecule has 38 heavy (non-hydrogen) atoms. The van der Waals surface area contributed by atoms with Crippen molar-refractivity contribution < 1.29 is 23.8 Å². The fraction of sp³-hybridized carbons (Fsp3) is 0.143. The number of H-pyrrole nitrogens is 1. The van der Waals surface area contributed by atoms with Gasteiger partial charge < -0.3 is 19.2 Å². The fourth-order valence-corrected chi connectivity index (χ4v) is 4.55. The number of ether oxygens (including phenoxy) is 3. The number of hydrogen-bond donors (Lipinski definition) is 2. The molecular formula is C28H24N4O5S. The molecule has 2 aromatic heterocycles. The number of esters is 1. The Morgan fingerprint density at radius 2 is 1.68 bits per heavy atom. The maximum atomic E-state index is 12.6. The van der Waals surface area contributed by atoms with E-state index in [-0.39, 0.29) is 0 Å². The number of benzene rings is 3. The monoisotopic (exact) mass is 528 g/mol. The molecule has 9 nitrogen and oxygen atoms in total. The minimum absolute atomic E-state index is 0.314. The van der Waals surface area contributed by atoms with Crippen molar-refractivity contribution >= 4 is 39.4 Å². The van der Waals surface area contributed by atoms with Gasteiger partial charge in [-0.25, -0.2) is 14.8 Å². The second kappa shape index (κ2) is 10.7. The summed E-state index contributed by atoms with van der Waals surface area (Å²) >= 11 is 1.26.